The van der Waals surface area contributed by atoms with E-state index in [0.29, 0.717) is 37.2 Å². The van der Waals surface area contributed by atoms with Gasteiger partial charge in [-0.25, -0.2) is 0 Å². The van der Waals surface area contributed by atoms with Crippen LogP contribution in [0.2, 0.25) is 0 Å². The number of ether oxygens (including phenoxy) is 2. The molecule has 2 rings (SSSR count). The predicted molar refractivity (Wildman–Crippen MR) is 117 cm³/mol. The zero-order valence-corrected chi connectivity index (χ0v) is 17.7. The summed E-state index contributed by atoms with van der Waals surface area (Å²) >= 11 is 1.63. The molecule has 2 aromatic carbocycles. The van der Waals surface area contributed by atoms with Crippen LogP contribution >= 0.6 is 11.8 Å². The van der Waals surface area contributed by atoms with Crippen molar-refractivity contribution in [1.29, 1.82) is 0 Å². The molecule has 0 saturated carbocycles. The van der Waals surface area contributed by atoms with Crippen LogP contribution in [-0.2, 0) is 9.59 Å². The Labute approximate surface area is 176 Å². The first-order valence-corrected chi connectivity index (χ1v) is 10.2. The number of carbonyl (C=O) groups excluding carboxylic acids is 2. The van der Waals surface area contributed by atoms with Crippen LogP contribution in [-0.4, -0.2) is 24.8 Å². The highest BCUT2D eigenvalue weighted by molar-refractivity contribution is 7.99. The van der Waals surface area contributed by atoms with Gasteiger partial charge >= 0.3 is 0 Å². The fourth-order valence-corrected chi connectivity index (χ4v) is 3.11. The van der Waals surface area contributed by atoms with Crippen LogP contribution in [0.3, 0.4) is 0 Å². The number of carbonyl (C=O) groups is 2. The first-order chi connectivity index (χ1) is 13.8. The Bertz CT molecular complexity index is 793. The highest BCUT2D eigenvalue weighted by atomic mass is 32.2. The number of allylic oxidation sites excluding steroid dienone is 2. The molecule has 0 aliphatic rings. The second-order valence-electron chi connectivity index (χ2n) is 6.65. The molecule has 0 bridgehead atoms. The molecule has 2 aromatic rings. The van der Waals surface area contributed by atoms with E-state index in [2.05, 4.69) is 13.2 Å². The maximum Gasteiger partial charge on any atom is 0.161 e. The molecule has 0 heterocycles. The van der Waals surface area contributed by atoms with Gasteiger partial charge in [0, 0.05) is 22.6 Å². The van der Waals surface area contributed by atoms with Crippen molar-refractivity contribution >= 4 is 23.3 Å². The van der Waals surface area contributed by atoms with Crippen LogP contribution in [0.1, 0.15) is 26.7 Å². The van der Waals surface area contributed by atoms with E-state index in [4.69, 9.17) is 9.47 Å². The second kappa shape index (κ2) is 11.3. The molecule has 0 aliphatic heterocycles. The quantitative estimate of drug-likeness (QED) is 0.422. The van der Waals surface area contributed by atoms with Crippen molar-refractivity contribution in [3.05, 3.63) is 72.8 Å². The topological polar surface area (TPSA) is 52.6 Å². The third-order valence-corrected chi connectivity index (χ3v) is 5.05. The molecule has 0 atom stereocenters. The lowest BCUT2D eigenvalue weighted by Gasteiger charge is -2.08. The van der Waals surface area contributed by atoms with Crippen LogP contribution in [0.25, 0.3) is 0 Å². The van der Waals surface area contributed by atoms with Crippen LogP contribution in [0.15, 0.2) is 82.6 Å². The summed E-state index contributed by atoms with van der Waals surface area (Å²) in [6.07, 6.45) is 0.670. The summed E-state index contributed by atoms with van der Waals surface area (Å²) in [7, 11) is 0. The van der Waals surface area contributed by atoms with Crippen molar-refractivity contribution in [3.63, 3.8) is 0 Å². The molecule has 152 valence electrons. The Morgan fingerprint density at radius 3 is 1.38 bits per heavy atom. The van der Waals surface area contributed by atoms with Crippen molar-refractivity contribution in [2.45, 2.75) is 36.5 Å². The molecule has 0 N–H and O–H groups in total. The molecule has 4 nitrogen and oxygen atoms in total. The van der Waals surface area contributed by atoms with Gasteiger partial charge in [-0.15, -0.1) is 0 Å². The largest absolute Gasteiger partial charge is 0.493 e. The molecule has 29 heavy (non-hydrogen) atoms. The molecular weight excluding hydrogens is 384 g/mol. The van der Waals surface area contributed by atoms with Gasteiger partial charge in [0.1, 0.15) is 11.5 Å². The van der Waals surface area contributed by atoms with Gasteiger partial charge in [-0.3, -0.25) is 9.59 Å². The Kier molecular flexibility index (Phi) is 8.74. The zero-order valence-electron chi connectivity index (χ0n) is 16.9. The van der Waals surface area contributed by atoms with Crippen LogP contribution in [0, 0.1) is 0 Å². The van der Waals surface area contributed by atoms with E-state index in [-0.39, 0.29) is 11.6 Å². The number of ketones is 2. The van der Waals surface area contributed by atoms with E-state index in [1.54, 1.807) is 25.6 Å². The Balaban J connectivity index is 1.79. The summed E-state index contributed by atoms with van der Waals surface area (Å²) in [6, 6.07) is 15.5. The fraction of sp³-hybridized carbons (Fsp3) is 0.250. The van der Waals surface area contributed by atoms with Gasteiger partial charge in [-0.05, 0) is 73.5 Å². The Hall–Kier alpha value is -2.79. The van der Waals surface area contributed by atoms with E-state index in [0.717, 1.165) is 21.3 Å². The minimum Gasteiger partial charge on any atom is -0.493 e. The van der Waals surface area contributed by atoms with E-state index in [1.807, 2.05) is 48.5 Å². The average molecular weight is 411 g/mol. The van der Waals surface area contributed by atoms with E-state index in [9.17, 15) is 9.59 Å². The SMILES string of the molecule is C=C(C)C(=O)CCOc1ccc(Sc2ccc(OCCC(=O)C(=C)C)cc2)cc1. The first-order valence-electron chi connectivity index (χ1n) is 9.36. The van der Waals surface area contributed by atoms with Crippen molar-refractivity contribution in [2.24, 2.45) is 0 Å². The van der Waals surface area contributed by atoms with Crippen molar-refractivity contribution in [3.8, 4) is 11.5 Å². The van der Waals surface area contributed by atoms with Gasteiger partial charge in [0.25, 0.3) is 0 Å². The minimum atomic E-state index is 0.0204. The lowest BCUT2D eigenvalue weighted by Crippen LogP contribution is -2.06. The summed E-state index contributed by atoms with van der Waals surface area (Å²) in [4.78, 5) is 25.2. The van der Waals surface area contributed by atoms with E-state index in [1.165, 1.54) is 0 Å². The number of hydrogen-bond donors (Lipinski definition) is 0. The van der Waals surface area contributed by atoms with Crippen molar-refractivity contribution < 1.29 is 19.1 Å². The fourth-order valence-electron chi connectivity index (χ4n) is 2.29. The van der Waals surface area contributed by atoms with Crippen LogP contribution < -0.4 is 9.47 Å². The highest BCUT2D eigenvalue weighted by Gasteiger charge is 2.05. The van der Waals surface area contributed by atoms with Crippen molar-refractivity contribution in [1.82, 2.24) is 0 Å². The summed E-state index contributed by atoms with van der Waals surface area (Å²) in [5.41, 5.74) is 1.11. The number of rotatable bonds is 12. The molecule has 0 radical (unpaired) electrons. The Morgan fingerprint density at radius 1 is 0.724 bits per heavy atom. The molecule has 0 unspecified atom stereocenters. The molecule has 0 spiro atoms. The third-order valence-electron chi connectivity index (χ3n) is 4.03. The standard InChI is InChI=1S/C24H26O4S/c1-17(2)23(25)13-15-27-19-5-9-21(10-6-19)29-22-11-7-20(8-12-22)28-16-14-24(26)18(3)4/h5-12H,1,3,13-16H2,2,4H3. The summed E-state index contributed by atoms with van der Waals surface area (Å²) < 4.78 is 11.2. The monoisotopic (exact) mass is 410 g/mol. The summed E-state index contributed by atoms with van der Waals surface area (Å²) in [6.45, 7) is 11.4. The number of hydrogen-bond acceptors (Lipinski definition) is 5. The Morgan fingerprint density at radius 2 is 1.07 bits per heavy atom. The van der Waals surface area contributed by atoms with E-state index >= 15 is 0 Å². The first kappa shape index (κ1) is 22.5. The smallest absolute Gasteiger partial charge is 0.161 e. The van der Waals surface area contributed by atoms with Gasteiger partial charge in [-0.2, -0.15) is 0 Å². The molecule has 0 amide bonds. The molecule has 0 aromatic heterocycles. The van der Waals surface area contributed by atoms with Crippen molar-refractivity contribution in [2.75, 3.05) is 13.2 Å². The zero-order chi connectivity index (χ0) is 21.2. The van der Waals surface area contributed by atoms with Gasteiger partial charge in [0.05, 0.1) is 13.2 Å². The predicted octanol–water partition coefficient (Wildman–Crippen LogP) is 5.67. The average Bonchev–Trinajstić information content (AvgIpc) is 2.70. The number of benzene rings is 2. The molecule has 0 saturated heterocycles. The lowest BCUT2D eigenvalue weighted by molar-refractivity contribution is -0.116. The summed E-state index contributed by atoms with van der Waals surface area (Å²) in [5.74, 6) is 1.51. The normalized spacial score (nSPS) is 10.3. The maximum atomic E-state index is 11.5. The van der Waals surface area contributed by atoms with Crippen LogP contribution in [0.4, 0.5) is 0 Å². The van der Waals surface area contributed by atoms with Gasteiger partial charge in [0.15, 0.2) is 11.6 Å². The molecular formula is C24H26O4S. The molecule has 0 fully saturated rings. The molecule has 0 aliphatic carbocycles. The van der Waals surface area contributed by atoms with Gasteiger partial charge in [0.2, 0.25) is 0 Å². The second-order valence-corrected chi connectivity index (χ2v) is 7.80. The molecule has 5 heteroatoms. The van der Waals surface area contributed by atoms with Gasteiger partial charge in [-0.1, -0.05) is 24.9 Å². The van der Waals surface area contributed by atoms with Gasteiger partial charge < -0.3 is 9.47 Å². The number of Topliss-reactive ketones (excluding diaryl/α,β-unsaturated/α-hetero) is 2. The van der Waals surface area contributed by atoms with Crippen LogP contribution in [0.5, 0.6) is 11.5 Å². The maximum absolute atomic E-state index is 11.5. The highest BCUT2D eigenvalue weighted by Crippen LogP contribution is 2.30. The van der Waals surface area contributed by atoms with E-state index < -0.39 is 0 Å². The summed E-state index contributed by atoms with van der Waals surface area (Å²) in [5, 5.41) is 0. The minimum absolute atomic E-state index is 0.0204. The lowest BCUT2D eigenvalue weighted by atomic mass is 10.2. The third kappa shape index (κ3) is 8.00.